The summed E-state index contributed by atoms with van der Waals surface area (Å²) in [5, 5.41) is 22.5. The Bertz CT molecular complexity index is 1370. The second-order valence-corrected chi connectivity index (χ2v) is 9.55. The van der Waals surface area contributed by atoms with Crippen molar-refractivity contribution in [3.63, 3.8) is 0 Å². The molecule has 0 aliphatic carbocycles. The summed E-state index contributed by atoms with van der Waals surface area (Å²) in [4.78, 5) is 38.6. The van der Waals surface area contributed by atoms with Crippen LogP contribution in [-0.2, 0) is 15.0 Å². The normalized spacial score (nSPS) is 17.3. The van der Waals surface area contributed by atoms with E-state index in [0.29, 0.717) is 17.0 Å². The Labute approximate surface area is 208 Å². The SMILES string of the molecule is COc1ccc(N2C(=O)C(=O)/C(=C(\O)c3cccc([N+](=O)[O-])c3)C2c2ccc(C(C)(C)C)cc2)cc1. The molecule has 1 aliphatic rings. The number of carbonyl (C=O) groups is 2. The number of methoxy groups -OCH3 is 1. The van der Waals surface area contributed by atoms with Crippen LogP contribution in [0.5, 0.6) is 5.75 Å². The van der Waals surface area contributed by atoms with E-state index in [2.05, 4.69) is 20.8 Å². The fourth-order valence-corrected chi connectivity index (χ4v) is 4.24. The Morgan fingerprint density at radius 1 is 1.00 bits per heavy atom. The van der Waals surface area contributed by atoms with Crippen molar-refractivity contribution in [3.05, 3.63) is 105 Å². The predicted molar refractivity (Wildman–Crippen MR) is 136 cm³/mol. The summed E-state index contributed by atoms with van der Waals surface area (Å²) in [6.45, 7) is 6.23. The fraction of sp³-hybridized carbons (Fsp3) is 0.214. The molecule has 0 aromatic heterocycles. The molecule has 184 valence electrons. The van der Waals surface area contributed by atoms with E-state index in [1.54, 1.807) is 24.3 Å². The highest BCUT2D eigenvalue weighted by molar-refractivity contribution is 6.51. The van der Waals surface area contributed by atoms with Gasteiger partial charge in [0.1, 0.15) is 11.5 Å². The number of nitrogens with zero attached hydrogens (tertiary/aromatic N) is 2. The number of nitro benzene ring substituents is 1. The monoisotopic (exact) mass is 486 g/mol. The van der Waals surface area contributed by atoms with Crippen molar-refractivity contribution >= 4 is 28.8 Å². The van der Waals surface area contributed by atoms with Crippen molar-refractivity contribution in [2.75, 3.05) is 12.0 Å². The van der Waals surface area contributed by atoms with Crippen molar-refractivity contribution in [3.8, 4) is 5.75 Å². The summed E-state index contributed by atoms with van der Waals surface area (Å²) in [7, 11) is 1.52. The number of anilines is 1. The molecule has 8 heteroatoms. The van der Waals surface area contributed by atoms with Gasteiger partial charge >= 0.3 is 0 Å². The molecular weight excluding hydrogens is 460 g/mol. The van der Waals surface area contributed by atoms with Gasteiger partial charge in [0.2, 0.25) is 0 Å². The molecule has 3 aromatic carbocycles. The van der Waals surface area contributed by atoms with E-state index < -0.39 is 28.4 Å². The zero-order chi connectivity index (χ0) is 26.2. The summed E-state index contributed by atoms with van der Waals surface area (Å²) in [6.07, 6.45) is 0. The van der Waals surface area contributed by atoms with Crippen LogP contribution in [0, 0.1) is 10.1 Å². The van der Waals surface area contributed by atoms with E-state index in [1.807, 2.05) is 24.3 Å². The number of aliphatic hydroxyl groups is 1. The number of ketones is 1. The van der Waals surface area contributed by atoms with Crippen LogP contribution in [0.4, 0.5) is 11.4 Å². The Kier molecular flexibility index (Phi) is 6.37. The molecule has 0 saturated carbocycles. The predicted octanol–water partition coefficient (Wildman–Crippen LogP) is 5.53. The minimum Gasteiger partial charge on any atom is -0.507 e. The lowest BCUT2D eigenvalue weighted by molar-refractivity contribution is -0.384. The lowest BCUT2D eigenvalue weighted by atomic mass is 9.85. The summed E-state index contributed by atoms with van der Waals surface area (Å²) in [5.41, 5.74) is 1.71. The van der Waals surface area contributed by atoms with Crippen LogP contribution in [0.1, 0.15) is 43.5 Å². The van der Waals surface area contributed by atoms with Crippen LogP contribution in [0.15, 0.2) is 78.4 Å². The van der Waals surface area contributed by atoms with Gasteiger partial charge in [-0.25, -0.2) is 0 Å². The average molecular weight is 487 g/mol. The molecule has 1 unspecified atom stereocenters. The Balaban J connectivity index is 1.92. The second-order valence-electron chi connectivity index (χ2n) is 9.55. The van der Waals surface area contributed by atoms with E-state index in [9.17, 15) is 24.8 Å². The Morgan fingerprint density at radius 3 is 2.19 bits per heavy atom. The van der Waals surface area contributed by atoms with Gasteiger partial charge in [0.05, 0.1) is 23.6 Å². The van der Waals surface area contributed by atoms with Crippen molar-refractivity contribution < 1.29 is 24.4 Å². The van der Waals surface area contributed by atoms with Gasteiger partial charge in [-0.05, 0) is 40.8 Å². The number of rotatable bonds is 5. The number of Topliss-reactive ketones (excluding diaryl/α,β-unsaturated/α-hetero) is 1. The lowest BCUT2D eigenvalue weighted by Gasteiger charge is -2.26. The van der Waals surface area contributed by atoms with Crippen LogP contribution in [-0.4, -0.2) is 28.8 Å². The van der Waals surface area contributed by atoms with Gasteiger partial charge in [-0.15, -0.1) is 0 Å². The van der Waals surface area contributed by atoms with E-state index in [0.717, 1.165) is 5.56 Å². The van der Waals surface area contributed by atoms with Gasteiger partial charge in [-0.3, -0.25) is 24.6 Å². The molecule has 4 rings (SSSR count). The van der Waals surface area contributed by atoms with Crippen LogP contribution in [0.2, 0.25) is 0 Å². The number of carbonyl (C=O) groups excluding carboxylic acids is 2. The zero-order valence-corrected chi connectivity index (χ0v) is 20.4. The number of hydrogen-bond acceptors (Lipinski definition) is 6. The van der Waals surface area contributed by atoms with E-state index in [1.165, 1.54) is 36.3 Å². The van der Waals surface area contributed by atoms with Gasteiger partial charge in [0.15, 0.2) is 0 Å². The molecule has 1 N–H and O–H groups in total. The molecular formula is C28H26N2O6. The van der Waals surface area contributed by atoms with Gasteiger partial charge in [0, 0.05) is 23.4 Å². The second kappa shape index (κ2) is 9.30. The van der Waals surface area contributed by atoms with E-state index in [-0.39, 0.29) is 22.2 Å². The van der Waals surface area contributed by atoms with Crippen molar-refractivity contribution in [2.24, 2.45) is 0 Å². The molecule has 1 saturated heterocycles. The fourth-order valence-electron chi connectivity index (χ4n) is 4.24. The first-order valence-electron chi connectivity index (χ1n) is 11.3. The molecule has 36 heavy (non-hydrogen) atoms. The molecule has 0 bridgehead atoms. The quantitative estimate of drug-likeness (QED) is 0.167. The van der Waals surface area contributed by atoms with Gasteiger partial charge in [-0.1, -0.05) is 57.2 Å². The topological polar surface area (TPSA) is 110 Å². The number of amides is 1. The highest BCUT2D eigenvalue weighted by Crippen LogP contribution is 2.43. The third-order valence-corrected chi connectivity index (χ3v) is 6.22. The first-order valence-corrected chi connectivity index (χ1v) is 11.3. The maximum Gasteiger partial charge on any atom is 0.300 e. The Hall–Kier alpha value is -4.46. The summed E-state index contributed by atoms with van der Waals surface area (Å²) < 4.78 is 5.21. The van der Waals surface area contributed by atoms with Crippen LogP contribution >= 0.6 is 0 Å². The van der Waals surface area contributed by atoms with Crippen molar-refractivity contribution in [1.82, 2.24) is 0 Å². The molecule has 1 fully saturated rings. The third-order valence-electron chi connectivity index (χ3n) is 6.22. The summed E-state index contributed by atoms with van der Waals surface area (Å²) in [6, 6.07) is 18.6. The van der Waals surface area contributed by atoms with Gasteiger partial charge in [0.25, 0.3) is 17.4 Å². The first kappa shape index (κ1) is 24.7. The number of ether oxygens (including phenoxy) is 1. The zero-order valence-electron chi connectivity index (χ0n) is 20.4. The standard InChI is InChI=1S/C28H26N2O6/c1-28(2,3)19-10-8-17(9-11-19)24-23(25(31)18-6-5-7-21(16-18)30(34)35)26(32)27(33)29(24)20-12-14-22(36-4)15-13-20/h5-16,24,31H,1-4H3/b25-23-. The van der Waals surface area contributed by atoms with Crippen LogP contribution in [0.3, 0.4) is 0 Å². The van der Waals surface area contributed by atoms with Gasteiger partial charge in [-0.2, -0.15) is 0 Å². The summed E-state index contributed by atoms with van der Waals surface area (Å²) in [5.74, 6) is -1.58. The minimum atomic E-state index is -0.938. The highest BCUT2D eigenvalue weighted by atomic mass is 16.6. The van der Waals surface area contributed by atoms with Crippen LogP contribution in [0.25, 0.3) is 5.76 Å². The number of nitro groups is 1. The number of aliphatic hydroxyl groups excluding tert-OH is 1. The van der Waals surface area contributed by atoms with Crippen LogP contribution < -0.4 is 9.64 Å². The molecule has 0 radical (unpaired) electrons. The molecule has 3 aromatic rings. The number of benzene rings is 3. The Morgan fingerprint density at radius 2 is 1.64 bits per heavy atom. The minimum absolute atomic E-state index is 0.0771. The first-order chi connectivity index (χ1) is 17.0. The average Bonchev–Trinajstić information content (AvgIpc) is 3.13. The lowest BCUT2D eigenvalue weighted by Crippen LogP contribution is -2.29. The molecule has 8 nitrogen and oxygen atoms in total. The van der Waals surface area contributed by atoms with E-state index in [4.69, 9.17) is 4.74 Å². The maximum absolute atomic E-state index is 13.3. The number of hydrogen-bond donors (Lipinski definition) is 1. The highest BCUT2D eigenvalue weighted by Gasteiger charge is 2.47. The maximum atomic E-state index is 13.3. The molecule has 0 spiro atoms. The van der Waals surface area contributed by atoms with E-state index >= 15 is 0 Å². The third kappa shape index (κ3) is 4.45. The van der Waals surface area contributed by atoms with Crippen molar-refractivity contribution in [1.29, 1.82) is 0 Å². The largest absolute Gasteiger partial charge is 0.507 e. The molecule has 1 aliphatic heterocycles. The smallest absolute Gasteiger partial charge is 0.300 e. The molecule has 1 atom stereocenters. The van der Waals surface area contributed by atoms with Crippen molar-refractivity contribution in [2.45, 2.75) is 32.2 Å². The molecule has 1 heterocycles. The van der Waals surface area contributed by atoms with Gasteiger partial charge < -0.3 is 9.84 Å². The molecule has 1 amide bonds. The number of non-ortho nitro benzene ring substituents is 1. The summed E-state index contributed by atoms with van der Waals surface area (Å²) >= 11 is 0.